The second-order valence-corrected chi connectivity index (χ2v) is 7.89. The SMILES string of the molecule is CC(=O)N(c1nc(CN2CCC3(CCC3)C2)cs1)C1CC1. The molecule has 4 nitrogen and oxygen atoms in total. The van der Waals surface area contributed by atoms with Gasteiger partial charge in [0.15, 0.2) is 5.13 Å². The lowest BCUT2D eigenvalue weighted by Gasteiger charge is -2.38. The monoisotopic (exact) mass is 305 g/mol. The van der Waals surface area contributed by atoms with Crippen LogP contribution in [-0.2, 0) is 11.3 Å². The van der Waals surface area contributed by atoms with E-state index in [2.05, 4.69) is 10.3 Å². The Balaban J connectivity index is 1.41. The predicted octanol–water partition coefficient (Wildman–Crippen LogP) is 3.03. The largest absolute Gasteiger partial charge is 0.297 e. The molecule has 2 saturated carbocycles. The summed E-state index contributed by atoms with van der Waals surface area (Å²) < 4.78 is 0. The molecule has 1 spiro atoms. The maximum absolute atomic E-state index is 11.8. The van der Waals surface area contributed by atoms with Gasteiger partial charge in [0, 0.05) is 31.4 Å². The second kappa shape index (κ2) is 5.06. The van der Waals surface area contributed by atoms with Gasteiger partial charge in [-0.3, -0.25) is 14.6 Å². The molecule has 0 aromatic carbocycles. The number of amides is 1. The first kappa shape index (κ1) is 13.7. The fraction of sp³-hybridized carbons (Fsp3) is 0.750. The standard InChI is InChI=1S/C16H23N3OS/c1-12(20)19(14-3-4-14)15-17-13(10-21-15)9-18-8-7-16(11-18)5-2-6-16/h10,14H,2-9,11H2,1H3. The van der Waals surface area contributed by atoms with Gasteiger partial charge in [-0.05, 0) is 44.1 Å². The smallest absolute Gasteiger partial charge is 0.225 e. The molecule has 2 heterocycles. The molecule has 114 valence electrons. The molecule has 1 amide bonds. The zero-order chi connectivity index (χ0) is 14.4. The number of likely N-dealkylation sites (tertiary alicyclic amines) is 1. The van der Waals surface area contributed by atoms with Crippen molar-refractivity contribution in [3.63, 3.8) is 0 Å². The molecule has 3 aliphatic rings. The van der Waals surface area contributed by atoms with Crippen molar-refractivity contribution in [1.82, 2.24) is 9.88 Å². The van der Waals surface area contributed by atoms with Crippen LogP contribution in [0.5, 0.6) is 0 Å². The van der Waals surface area contributed by atoms with Gasteiger partial charge < -0.3 is 0 Å². The van der Waals surface area contributed by atoms with Crippen LogP contribution in [0.4, 0.5) is 5.13 Å². The molecule has 1 aromatic rings. The summed E-state index contributed by atoms with van der Waals surface area (Å²) in [7, 11) is 0. The van der Waals surface area contributed by atoms with E-state index in [1.165, 1.54) is 38.8 Å². The van der Waals surface area contributed by atoms with Gasteiger partial charge in [-0.15, -0.1) is 11.3 Å². The van der Waals surface area contributed by atoms with Crippen molar-refractivity contribution in [2.75, 3.05) is 18.0 Å². The molecule has 1 aliphatic heterocycles. The molecule has 4 rings (SSSR count). The Labute approximate surface area is 130 Å². The summed E-state index contributed by atoms with van der Waals surface area (Å²) in [5.41, 5.74) is 1.79. The third-order valence-corrected chi connectivity index (χ3v) is 6.20. The van der Waals surface area contributed by atoms with E-state index in [4.69, 9.17) is 4.98 Å². The van der Waals surface area contributed by atoms with E-state index in [1.807, 2.05) is 4.90 Å². The number of hydrogen-bond acceptors (Lipinski definition) is 4. The Morgan fingerprint density at radius 3 is 2.86 bits per heavy atom. The molecule has 1 saturated heterocycles. The van der Waals surface area contributed by atoms with E-state index in [0.717, 1.165) is 30.2 Å². The normalized spacial score (nSPS) is 24.2. The van der Waals surface area contributed by atoms with Crippen LogP contribution in [0.25, 0.3) is 0 Å². The van der Waals surface area contributed by atoms with Crippen molar-refractivity contribution in [2.24, 2.45) is 5.41 Å². The van der Waals surface area contributed by atoms with Crippen molar-refractivity contribution in [3.05, 3.63) is 11.1 Å². The summed E-state index contributed by atoms with van der Waals surface area (Å²) in [4.78, 5) is 21.0. The Kier molecular flexibility index (Phi) is 3.30. The lowest BCUT2D eigenvalue weighted by Crippen LogP contribution is -2.33. The molecular weight excluding hydrogens is 282 g/mol. The molecule has 0 bridgehead atoms. The summed E-state index contributed by atoms with van der Waals surface area (Å²) >= 11 is 1.62. The highest BCUT2D eigenvalue weighted by Gasteiger charge is 2.42. The molecule has 5 heteroatoms. The molecule has 0 N–H and O–H groups in total. The van der Waals surface area contributed by atoms with E-state index >= 15 is 0 Å². The van der Waals surface area contributed by atoms with E-state index in [-0.39, 0.29) is 5.91 Å². The Morgan fingerprint density at radius 1 is 1.48 bits per heavy atom. The Bertz CT molecular complexity index is 547. The highest BCUT2D eigenvalue weighted by atomic mass is 32.1. The van der Waals surface area contributed by atoms with Crippen molar-refractivity contribution in [2.45, 2.75) is 58.0 Å². The lowest BCUT2D eigenvalue weighted by atomic mass is 9.68. The zero-order valence-electron chi connectivity index (χ0n) is 12.7. The predicted molar refractivity (Wildman–Crippen MR) is 84.5 cm³/mol. The minimum absolute atomic E-state index is 0.132. The molecular formula is C16H23N3OS. The van der Waals surface area contributed by atoms with Gasteiger partial charge in [0.25, 0.3) is 0 Å². The van der Waals surface area contributed by atoms with Gasteiger partial charge in [0.2, 0.25) is 5.91 Å². The number of carbonyl (C=O) groups excluding carboxylic acids is 1. The van der Waals surface area contributed by atoms with Crippen molar-refractivity contribution >= 4 is 22.4 Å². The maximum Gasteiger partial charge on any atom is 0.225 e. The number of aromatic nitrogens is 1. The van der Waals surface area contributed by atoms with Crippen LogP contribution in [0.1, 0.15) is 51.1 Å². The van der Waals surface area contributed by atoms with Gasteiger partial charge in [-0.25, -0.2) is 4.98 Å². The van der Waals surface area contributed by atoms with Crippen molar-refractivity contribution in [3.8, 4) is 0 Å². The van der Waals surface area contributed by atoms with Crippen LogP contribution in [0.2, 0.25) is 0 Å². The summed E-state index contributed by atoms with van der Waals surface area (Å²) in [6.45, 7) is 5.07. The third kappa shape index (κ3) is 2.61. The number of nitrogens with zero attached hydrogens (tertiary/aromatic N) is 3. The van der Waals surface area contributed by atoms with Crippen molar-refractivity contribution < 1.29 is 4.79 Å². The molecule has 2 aliphatic carbocycles. The molecule has 0 radical (unpaired) electrons. The third-order valence-electron chi connectivity index (χ3n) is 5.31. The first-order valence-corrected chi connectivity index (χ1v) is 9.00. The first-order chi connectivity index (χ1) is 10.2. The number of carbonyl (C=O) groups is 1. The number of rotatable bonds is 4. The van der Waals surface area contributed by atoms with E-state index in [1.54, 1.807) is 18.3 Å². The lowest BCUT2D eigenvalue weighted by molar-refractivity contribution is -0.116. The fourth-order valence-corrected chi connectivity index (χ4v) is 4.77. The minimum atomic E-state index is 0.132. The molecule has 1 aromatic heterocycles. The first-order valence-electron chi connectivity index (χ1n) is 8.12. The molecule has 0 atom stereocenters. The van der Waals surface area contributed by atoms with Gasteiger partial charge >= 0.3 is 0 Å². The quantitative estimate of drug-likeness (QED) is 0.858. The summed E-state index contributed by atoms with van der Waals surface area (Å²) in [5, 5.41) is 3.04. The Morgan fingerprint density at radius 2 is 2.29 bits per heavy atom. The number of thiazole rings is 1. The van der Waals surface area contributed by atoms with Crippen LogP contribution >= 0.6 is 11.3 Å². The van der Waals surface area contributed by atoms with Crippen LogP contribution in [0.3, 0.4) is 0 Å². The van der Waals surface area contributed by atoms with Gasteiger partial charge in [0.1, 0.15) is 0 Å². The summed E-state index contributed by atoms with van der Waals surface area (Å²) in [5.74, 6) is 0.132. The number of anilines is 1. The average molecular weight is 305 g/mol. The van der Waals surface area contributed by atoms with Gasteiger partial charge in [-0.1, -0.05) is 6.42 Å². The highest BCUT2D eigenvalue weighted by molar-refractivity contribution is 7.14. The molecule has 3 fully saturated rings. The number of hydrogen-bond donors (Lipinski definition) is 0. The van der Waals surface area contributed by atoms with Gasteiger partial charge in [0.05, 0.1) is 5.69 Å². The summed E-state index contributed by atoms with van der Waals surface area (Å²) in [6, 6.07) is 0.409. The second-order valence-electron chi connectivity index (χ2n) is 7.06. The fourth-order valence-electron chi connectivity index (χ4n) is 3.84. The van der Waals surface area contributed by atoms with Crippen LogP contribution in [-0.4, -0.2) is 34.9 Å². The van der Waals surface area contributed by atoms with E-state index in [0.29, 0.717) is 11.5 Å². The van der Waals surface area contributed by atoms with Crippen LogP contribution < -0.4 is 4.90 Å². The van der Waals surface area contributed by atoms with E-state index in [9.17, 15) is 4.79 Å². The van der Waals surface area contributed by atoms with E-state index < -0.39 is 0 Å². The molecule has 21 heavy (non-hydrogen) atoms. The van der Waals surface area contributed by atoms with Gasteiger partial charge in [-0.2, -0.15) is 0 Å². The Hall–Kier alpha value is -0.940. The summed E-state index contributed by atoms with van der Waals surface area (Å²) in [6.07, 6.45) is 7.89. The van der Waals surface area contributed by atoms with Crippen molar-refractivity contribution in [1.29, 1.82) is 0 Å². The zero-order valence-corrected chi connectivity index (χ0v) is 13.5. The molecule has 0 unspecified atom stereocenters. The highest BCUT2D eigenvalue weighted by Crippen LogP contribution is 2.48. The van der Waals surface area contributed by atoms with Crippen LogP contribution in [0, 0.1) is 5.41 Å². The maximum atomic E-state index is 11.8. The average Bonchev–Trinajstić information content (AvgIpc) is 2.96. The van der Waals surface area contributed by atoms with Crippen LogP contribution in [0.15, 0.2) is 5.38 Å². The topological polar surface area (TPSA) is 36.4 Å². The minimum Gasteiger partial charge on any atom is -0.297 e.